The predicted octanol–water partition coefficient (Wildman–Crippen LogP) is 1.29. The number of esters is 1. The fourth-order valence-electron chi connectivity index (χ4n) is 2.07. The highest BCUT2D eigenvalue weighted by molar-refractivity contribution is 6.00. The van der Waals surface area contributed by atoms with E-state index < -0.39 is 24.3 Å². The summed E-state index contributed by atoms with van der Waals surface area (Å²) in [6.07, 6.45) is -6.96. The van der Waals surface area contributed by atoms with Gasteiger partial charge in [-0.05, 0) is 23.8 Å². The van der Waals surface area contributed by atoms with Gasteiger partial charge in [-0.1, -0.05) is 0 Å². The first-order valence-corrected chi connectivity index (χ1v) is 6.91. The highest BCUT2D eigenvalue weighted by Crippen LogP contribution is 2.26. The highest BCUT2D eigenvalue weighted by Gasteiger charge is 2.41. The summed E-state index contributed by atoms with van der Waals surface area (Å²) in [6, 6.07) is 4.83. The molecule has 7 nitrogen and oxygen atoms in total. The van der Waals surface area contributed by atoms with E-state index in [1.807, 2.05) is 0 Å². The van der Waals surface area contributed by atoms with Crippen molar-refractivity contribution in [3.05, 3.63) is 23.8 Å². The van der Waals surface area contributed by atoms with Gasteiger partial charge in [-0.2, -0.15) is 13.2 Å². The van der Waals surface area contributed by atoms with Gasteiger partial charge in [-0.3, -0.25) is 15.3 Å². The number of carbonyl (C=O) groups excluding carboxylic acids is 3. The molecule has 0 bridgehead atoms. The van der Waals surface area contributed by atoms with Gasteiger partial charge in [-0.25, -0.2) is 4.79 Å². The Morgan fingerprint density at radius 1 is 1.38 bits per heavy atom. The summed E-state index contributed by atoms with van der Waals surface area (Å²) < 4.78 is 40.0. The van der Waals surface area contributed by atoms with E-state index in [1.54, 1.807) is 18.2 Å². The van der Waals surface area contributed by atoms with Gasteiger partial charge >= 0.3 is 12.1 Å². The Morgan fingerprint density at radius 2 is 2.08 bits per heavy atom. The molecule has 1 atom stereocenters. The van der Waals surface area contributed by atoms with E-state index in [0.717, 1.165) is 5.56 Å². The molecule has 1 aliphatic rings. The molecule has 0 saturated carbocycles. The van der Waals surface area contributed by atoms with Crippen molar-refractivity contribution >= 4 is 29.2 Å². The molecule has 1 aromatic carbocycles. The Hall–Kier alpha value is -2.62. The van der Waals surface area contributed by atoms with Crippen molar-refractivity contribution in [1.29, 1.82) is 0 Å². The number of rotatable bonds is 5. The number of alkyl halides is 3. The SMILES string of the molecule is NC(CCC(=O)Nc1ccc2c(c1)CC(=O)N2)OC(=O)C(F)(F)F. The number of nitrogens with two attached hydrogens (primary N) is 1. The molecule has 0 aliphatic carbocycles. The number of carbonyl (C=O) groups is 3. The topological polar surface area (TPSA) is 111 Å². The molecule has 1 unspecified atom stereocenters. The Balaban J connectivity index is 1.81. The summed E-state index contributed by atoms with van der Waals surface area (Å²) in [6.45, 7) is 0. The number of anilines is 2. The number of ether oxygens (including phenoxy) is 1. The lowest BCUT2D eigenvalue weighted by atomic mass is 10.1. The Morgan fingerprint density at radius 3 is 2.75 bits per heavy atom. The summed E-state index contributed by atoms with van der Waals surface area (Å²) in [4.78, 5) is 33.6. The third kappa shape index (κ3) is 4.69. The number of nitrogens with one attached hydrogen (secondary N) is 2. The molecule has 2 rings (SSSR count). The van der Waals surface area contributed by atoms with Crippen LogP contribution in [-0.2, 0) is 25.5 Å². The van der Waals surface area contributed by atoms with Crippen molar-refractivity contribution in [2.75, 3.05) is 10.6 Å². The molecule has 2 amide bonds. The van der Waals surface area contributed by atoms with E-state index in [-0.39, 0.29) is 25.2 Å². The number of hydrogen-bond acceptors (Lipinski definition) is 5. The molecule has 0 saturated heterocycles. The summed E-state index contributed by atoms with van der Waals surface area (Å²) in [5, 5.41) is 5.17. The lowest BCUT2D eigenvalue weighted by Crippen LogP contribution is -2.35. The van der Waals surface area contributed by atoms with Gasteiger partial charge in [0.25, 0.3) is 0 Å². The molecule has 130 valence electrons. The molecular weight excluding hydrogens is 331 g/mol. The number of hydrogen-bond donors (Lipinski definition) is 3. The quantitative estimate of drug-likeness (QED) is 0.550. The van der Waals surface area contributed by atoms with Crippen LogP contribution in [0.1, 0.15) is 18.4 Å². The van der Waals surface area contributed by atoms with Gasteiger partial charge in [0.05, 0.1) is 6.42 Å². The third-order valence-electron chi connectivity index (χ3n) is 3.16. The maximum Gasteiger partial charge on any atom is 0.490 e. The summed E-state index contributed by atoms with van der Waals surface area (Å²) in [7, 11) is 0. The fraction of sp³-hybridized carbons (Fsp3) is 0.357. The fourth-order valence-corrected chi connectivity index (χ4v) is 2.07. The van der Waals surface area contributed by atoms with E-state index in [4.69, 9.17) is 5.73 Å². The molecule has 0 aromatic heterocycles. The van der Waals surface area contributed by atoms with Crippen LogP contribution in [-0.4, -0.2) is 30.2 Å². The van der Waals surface area contributed by atoms with Crippen molar-refractivity contribution < 1.29 is 32.3 Å². The second kappa shape index (κ2) is 6.87. The predicted molar refractivity (Wildman–Crippen MR) is 76.8 cm³/mol. The monoisotopic (exact) mass is 345 g/mol. The normalized spacial score (nSPS) is 14.6. The Bertz CT molecular complexity index is 676. The second-order valence-corrected chi connectivity index (χ2v) is 5.13. The zero-order valence-electron chi connectivity index (χ0n) is 12.3. The zero-order valence-corrected chi connectivity index (χ0v) is 12.3. The van der Waals surface area contributed by atoms with Crippen LogP contribution in [0.2, 0.25) is 0 Å². The summed E-state index contributed by atoms with van der Waals surface area (Å²) in [5.41, 5.74) is 7.07. The molecule has 24 heavy (non-hydrogen) atoms. The molecule has 10 heteroatoms. The minimum Gasteiger partial charge on any atom is -0.440 e. The average molecular weight is 345 g/mol. The molecule has 0 fully saturated rings. The van der Waals surface area contributed by atoms with Crippen molar-refractivity contribution in [3.63, 3.8) is 0 Å². The number of benzene rings is 1. The van der Waals surface area contributed by atoms with Crippen LogP contribution in [0.3, 0.4) is 0 Å². The van der Waals surface area contributed by atoms with E-state index in [9.17, 15) is 27.6 Å². The van der Waals surface area contributed by atoms with Gasteiger partial charge in [0, 0.05) is 24.2 Å². The lowest BCUT2D eigenvalue weighted by molar-refractivity contribution is -0.204. The molecule has 0 radical (unpaired) electrons. The molecular formula is C14H14F3N3O4. The Kier molecular flexibility index (Phi) is 5.07. The Labute approximate surface area is 134 Å². The number of amides is 2. The van der Waals surface area contributed by atoms with E-state index in [1.165, 1.54) is 0 Å². The first kappa shape index (κ1) is 17.7. The first-order chi connectivity index (χ1) is 11.1. The van der Waals surface area contributed by atoms with Crippen LogP contribution < -0.4 is 16.4 Å². The molecule has 4 N–H and O–H groups in total. The maximum absolute atomic E-state index is 12.0. The summed E-state index contributed by atoms with van der Waals surface area (Å²) in [5.74, 6) is -3.05. The summed E-state index contributed by atoms with van der Waals surface area (Å²) >= 11 is 0. The smallest absolute Gasteiger partial charge is 0.440 e. The van der Waals surface area contributed by atoms with Crippen LogP contribution in [0, 0.1) is 0 Å². The van der Waals surface area contributed by atoms with Gasteiger partial charge in [0.2, 0.25) is 11.8 Å². The van der Waals surface area contributed by atoms with E-state index in [2.05, 4.69) is 15.4 Å². The molecule has 1 aromatic rings. The van der Waals surface area contributed by atoms with Crippen LogP contribution in [0.25, 0.3) is 0 Å². The lowest BCUT2D eigenvalue weighted by Gasteiger charge is -2.14. The standard InChI is InChI=1S/C14H14F3N3O4/c15-14(16,17)13(23)24-10(18)3-4-11(21)19-8-1-2-9-7(5-8)6-12(22)20-9/h1-2,5,10H,3-4,6,18H2,(H,19,21)(H,20,22). The molecule has 1 aliphatic heterocycles. The van der Waals surface area contributed by atoms with Gasteiger partial charge < -0.3 is 15.4 Å². The van der Waals surface area contributed by atoms with Gasteiger partial charge in [-0.15, -0.1) is 0 Å². The number of halogens is 3. The molecule has 1 heterocycles. The van der Waals surface area contributed by atoms with E-state index in [0.29, 0.717) is 11.4 Å². The van der Waals surface area contributed by atoms with Crippen molar-refractivity contribution in [1.82, 2.24) is 0 Å². The first-order valence-electron chi connectivity index (χ1n) is 6.91. The van der Waals surface area contributed by atoms with Crippen molar-refractivity contribution in [2.24, 2.45) is 5.73 Å². The van der Waals surface area contributed by atoms with Crippen LogP contribution in [0.4, 0.5) is 24.5 Å². The zero-order chi connectivity index (χ0) is 17.9. The van der Waals surface area contributed by atoms with Crippen LogP contribution in [0.5, 0.6) is 0 Å². The largest absolute Gasteiger partial charge is 0.490 e. The minimum atomic E-state index is -5.13. The van der Waals surface area contributed by atoms with Gasteiger partial charge in [0.15, 0.2) is 6.23 Å². The maximum atomic E-state index is 12.0. The highest BCUT2D eigenvalue weighted by atomic mass is 19.4. The van der Waals surface area contributed by atoms with E-state index >= 15 is 0 Å². The number of fused-ring (bicyclic) bond motifs is 1. The second-order valence-electron chi connectivity index (χ2n) is 5.13. The minimum absolute atomic E-state index is 0.147. The van der Waals surface area contributed by atoms with Gasteiger partial charge in [0.1, 0.15) is 0 Å². The van der Waals surface area contributed by atoms with Crippen molar-refractivity contribution in [2.45, 2.75) is 31.7 Å². The van der Waals surface area contributed by atoms with Crippen LogP contribution in [0.15, 0.2) is 18.2 Å². The molecule has 0 spiro atoms. The van der Waals surface area contributed by atoms with Crippen LogP contribution >= 0.6 is 0 Å². The third-order valence-corrected chi connectivity index (χ3v) is 3.16. The van der Waals surface area contributed by atoms with Crippen molar-refractivity contribution in [3.8, 4) is 0 Å². The average Bonchev–Trinajstić information content (AvgIpc) is 2.83.